The number of Topliss-reactive ketones (excluding diaryl/α,β-unsaturated/α-hetero) is 1. The number of pyridine rings is 1. The zero-order valence-corrected chi connectivity index (χ0v) is 26.9. The number of ketones is 1. The van der Waals surface area contributed by atoms with E-state index < -0.39 is 11.7 Å². The Bertz CT molecular complexity index is 2020. The van der Waals surface area contributed by atoms with E-state index in [9.17, 15) is 4.79 Å². The van der Waals surface area contributed by atoms with E-state index in [0.717, 1.165) is 70.8 Å². The minimum absolute atomic E-state index is 0.0444. The van der Waals surface area contributed by atoms with E-state index in [1.54, 1.807) is 18.3 Å². The molecule has 3 aromatic carbocycles. The predicted molar refractivity (Wildman–Crippen MR) is 177 cm³/mol. The summed E-state index contributed by atoms with van der Waals surface area (Å²) >= 11 is 7.89. The van der Waals surface area contributed by atoms with Gasteiger partial charge in [0.05, 0.1) is 33.2 Å². The zero-order valence-electron chi connectivity index (χ0n) is 25.3. The standard InChI is InChI=1S/C35H33ClN4O2S/c1-19-16-28-33(31(22-8-10-24(36)11-9-22)30(19)32(21(3)41)42-35(4,5)6)43-34(39-28)23-14-15-37-27(17-23)25-12-13-29-26(20(25)2)18-38-40(29)7/h8-18,32H,1-7H3/t32-/m1/s1. The normalized spacial score (nSPS) is 12.7. The summed E-state index contributed by atoms with van der Waals surface area (Å²) in [6.07, 6.45) is 3.02. The first-order valence-electron chi connectivity index (χ1n) is 14.2. The maximum atomic E-state index is 13.1. The van der Waals surface area contributed by atoms with Gasteiger partial charge in [0.1, 0.15) is 11.1 Å². The molecule has 0 N–H and O–H groups in total. The largest absolute Gasteiger partial charge is 0.360 e. The van der Waals surface area contributed by atoms with E-state index in [-0.39, 0.29) is 5.78 Å². The highest BCUT2D eigenvalue weighted by Crippen LogP contribution is 2.45. The van der Waals surface area contributed by atoms with Gasteiger partial charge in [-0.3, -0.25) is 14.5 Å². The van der Waals surface area contributed by atoms with Gasteiger partial charge in [0.2, 0.25) is 0 Å². The number of aryl methyl sites for hydroxylation is 3. The number of benzene rings is 3. The van der Waals surface area contributed by atoms with Gasteiger partial charge in [-0.15, -0.1) is 11.3 Å². The van der Waals surface area contributed by atoms with Gasteiger partial charge in [-0.2, -0.15) is 5.10 Å². The molecule has 0 amide bonds. The van der Waals surface area contributed by atoms with E-state index in [4.69, 9.17) is 26.3 Å². The lowest BCUT2D eigenvalue weighted by atomic mass is 9.90. The highest BCUT2D eigenvalue weighted by Gasteiger charge is 2.30. The van der Waals surface area contributed by atoms with Crippen molar-refractivity contribution in [1.29, 1.82) is 0 Å². The summed E-state index contributed by atoms with van der Waals surface area (Å²) in [7, 11) is 1.95. The Balaban J connectivity index is 1.54. The van der Waals surface area contributed by atoms with Gasteiger partial charge in [0, 0.05) is 45.9 Å². The Kier molecular flexibility index (Phi) is 7.45. The van der Waals surface area contributed by atoms with Crippen molar-refractivity contribution in [2.45, 2.75) is 53.2 Å². The van der Waals surface area contributed by atoms with E-state index in [2.05, 4.69) is 36.3 Å². The van der Waals surface area contributed by atoms with Crippen LogP contribution in [0.15, 0.2) is 67.0 Å². The molecule has 0 saturated carbocycles. The van der Waals surface area contributed by atoms with Crippen LogP contribution in [0.25, 0.3) is 54.1 Å². The van der Waals surface area contributed by atoms with Crippen molar-refractivity contribution in [3.63, 3.8) is 0 Å². The first-order chi connectivity index (χ1) is 20.4. The van der Waals surface area contributed by atoms with Gasteiger partial charge in [-0.05, 0) is 94.6 Å². The molecule has 43 heavy (non-hydrogen) atoms. The molecule has 0 unspecified atom stereocenters. The maximum Gasteiger partial charge on any atom is 0.163 e. The van der Waals surface area contributed by atoms with Crippen molar-refractivity contribution in [3.8, 4) is 33.0 Å². The number of hydrogen-bond donors (Lipinski definition) is 0. The van der Waals surface area contributed by atoms with Gasteiger partial charge in [-0.1, -0.05) is 29.8 Å². The molecule has 0 aliphatic rings. The molecule has 0 spiro atoms. The van der Waals surface area contributed by atoms with Crippen LogP contribution < -0.4 is 0 Å². The van der Waals surface area contributed by atoms with Crippen molar-refractivity contribution >= 4 is 49.8 Å². The number of nitrogens with zero attached hydrogens (tertiary/aromatic N) is 4. The first kappa shape index (κ1) is 29.2. The quantitative estimate of drug-likeness (QED) is 0.188. The molecule has 1 atom stereocenters. The monoisotopic (exact) mass is 608 g/mol. The van der Waals surface area contributed by atoms with Crippen LogP contribution in [0.4, 0.5) is 0 Å². The molecule has 6 rings (SSSR count). The molecule has 218 valence electrons. The third-order valence-corrected chi connectivity index (χ3v) is 9.04. The number of rotatable bonds is 6. The fourth-order valence-corrected chi connectivity index (χ4v) is 6.88. The minimum Gasteiger partial charge on any atom is -0.360 e. The first-order valence-corrected chi connectivity index (χ1v) is 15.4. The highest BCUT2D eigenvalue weighted by molar-refractivity contribution is 7.22. The summed E-state index contributed by atoms with van der Waals surface area (Å²) in [4.78, 5) is 22.9. The van der Waals surface area contributed by atoms with Gasteiger partial charge < -0.3 is 4.74 Å². The minimum atomic E-state index is -0.724. The van der Waals surface area contributed by atoms with Crippen molar-refractivity contribution in [3.05, 3.63) is 88.7 Å². The third-order valence-electron chi connectivity index (χ3n) is 7.65. The number of ether oxygens (including phenoxy) is 1. The average Bonchev–Trinajstić information content (AvgIpc) is 3.55. The molecule has 3 heterocycles. The Morgan fingerprint density at radius 2 is 1.77 bits per heavy atom. The Labute approximate surface area is 260 Å². The maximum absolute atomic E-state index is 13.1. The van der Waals surface area contributed by atoms with Crippen molar-refractivity contribution in [2.24, 2.45) is 7.05 Å². The van der Waals surface area contributed by atoms with Crippen molar-refractivity contribution < 1.29 is 9.53 Å². The summed E-state index contributed by atoms with van der Waals surface area (Å²) in [5.41, 5.74) is 9.23. The fraction of sp³-hybridized carbons (Fsp3) is 0.257. The number of fused-ring (bicyclic) bond motifs is 2. The van der Waals surface area contributed by atoms with Gasteiger partial charge in [0.25, 0.3) is 0 Å². The molecule has 0 bridgehead atoms. The molecule has 0 radical (unpaired) electrons. The van der Waals surface area contributed by atoms with Gasteiger partial charge in [-0.25, -0.2) is 4.98 Å². The van der Waals surface area contributed by atoms with Crippen LogP contribution in [-0.2, 0) is 16.6 Å². The van der Waals surface area contributed by atoms with Gasteiger partial charge in [0.15, 0.2) is 5.78 Å². The average molecular weight is 609 g/mol. The molecular weight excluding hydrogens is 576 g/mol. The molecule has 6 aromatic rings. The second-order valence-electron chi connectivity index (χ2n) is 11.9. The number of carbonyl (C=O) groups excluding carboxylic acids is 1. The Morgan fingerprint density at radius 3 is 2.47 bits per heavy atom. The van der Waals surface area contributed by atoms with Crippen LogP contribution in [0.5, 0.6) is 0 Å². The smallest absolute Gasteiger partial charge is 0.163 e. The summed E-state index contributed by atoms with van der Waals surface area (Å²) in [5.74, 6) is -0.0444. The van der Waals surface area contributed by atoms with E-state index in [0.29, 0.717) is 5.02 Å². The van der Waals surface area contributed by atoms with Crippen molar-refractivity contribution in [1.82, 2.24) is 19.7 Å². The molecule has 0 fully saturated rings. The fourth-order valence-electron chi connectivity index (χ4n) is 5.63. The summed E-state index contributed by atoms with van der Waals surface area (Å²) in [5, 5.41) is 7.06. The topological polar surface area (TPSA) is 69.9 Å². The number of hydrogen-bond acceptors (Lipinski definition) is 6. The summed E-state index contributed by atoms with van der Waals surface area (Å²) in [6, 6.07) is 18.1. The van der Waals surface area contributed by atoms with E-state index in [1.165, 1.54) is 0 Å². The number of aromatic nitrogens is 4. The number of carbonyl (C=O) groups is 1. The zero-order chi connectivity index (χ0) is 30.6. The molecule has 8 heteroatoms. The molecule has 0 aliphatic carbocycles. The van der Waals surface area contributed by atoms with Gasteiger partial charge >= 0.3 is 0 Å². The highest BCUT2D eigenvalue weighted by atomic mass is 35.5. The SMILES string of the molecule is CC(=O)[C@@H](OC(C)(C)C)c1c(C)cc2nc(-c3ccnc(-c4ccc5c(cnn5C)c4C)c3)sc2c1-c1ccc(Cl)cc1. The summed E-state index contributed by atoms with van der Waals surface area (Å²) < 4.78 is 9.27. The number of halogens is 1. The van der Waals surface area contributed by atoms with E-state index in [1.807, 2.05) is 82.1 Å². The van der Waals surface area contributed by atoms with Crippen LogP contribution in [0.3, 0.4) is 0 Å². The van der Waals surface area contributed by atoms with Crippen LogP contribution >= 0.6 is 22.9 Å². The molecule has 0 saturated heterocycles. The lowest BCUT2D eigenvalue weighted by molar-refractivity contribution is -0.138. The van der Waals surface area contributed by atoms with Crippen LogP contribution in [0.2, 0.25) is 5.02 Å². The lowest BCUT2D eigenvalue weighted by Crippen LogP contribution is -2.27. The summed E-state index contributed by atoms with van der Waals surface area (Å²) in [6.45, 7) is 11.6. The van der Waals surface area contributed by atoms with Crippen molar-refractivity contribution in [2.75, 3.05) is 0 Å². The Hall–Kier alpha value is -3.91. The number of thiazole rings is 1. The lowest BCUT2D eigenvalue weighted by Gasteiger charge is -2.29. The van der Waals surface area contributed by atoms with Crippen LogP contribution in [0, 0.1) is 13.8 Å². The second-order valence-corrected chi connectivity index (χ2v) is 13.4. The second kappa shape index (κ2) is 11.0. The third kappa shape index (κ3) is 5.49. The Morgan fingerprint density at radius 1 is 1.02 bits per heavy atom. The molecular formula is C35H33ClN4O2S. The van der Waals surface area contributed by atoms with E-state index >= 15 is 0 Å². The molecule has 3 aromatic heterocycles. The van der Waals surface area contributed by atoms with Crippen LogP contribution in [0.1, 0.15) is 50.5 Å². The molecule has 6 nitrogen and oxygen atoms in total. The predicted octanol–water partition coefficient (Wildman–Crippen LogP) is 9.29. The molecule has 0 aliphatic heterocycles. The van der Waals surface area contributed by atoms with Crippen LogP contribution in [-0.4, -0.2) is 31.1 Å².